The highest BCUT2D eigenvalue weighted by Gasteiger charge is 2.34. The highest BCUT2D eigenvalue weighted by atomic mass is 32.2. The number of hydrogen-bond donors (Lipinski definition) is 1. The molecule has 0 aliphatic carbocycles. The van der Waals surface area contributed by atoms with E-state index in [1.807, 2.05) is 18.4 Å². The maximum Gasteiger partial charge on any atom is 0.261 e. The lowest BCUT2D eigenvalue weighted by atomic mass is 10.1. The van der Waals surface area contributed by atoms with Crippen molar-refractivity contribution in [3.8, 4) is 0 Å². The van der Waals surface area contributed by atoms with Crippen LogP contribution < -0.4 is 5.32 Å². The van der Waals surface area contributed by atoms with Crippen molar-refractivity contribution in [1.29, 1.82) is 0 Å². The summed E-state index contributed by atoms with van der Waals surface area (Å²) in [6.07, 6.45) is 3.24. The summed E-state index contributed by atoms with van der Waals surface area (Å²) in [7, 11) is -3.01. The molecule has 1 fully saturated rings. The van der Waals surface area contributed by atoms with Crippen molar-refractivity contribution >= 4 is 33.0 Å². The molecule has 1 aromatic rings. The zero-order valence-electron chi connectivity index (χ0n) is 14.6. The van der Waals surface area contributed by atoms with Crippen LogP contribution in [0.4, 0.5) is 0 Å². The van der Waals surface area contributed by atoms with E-state index in [0.29, 0.717) is 37.2 Å². The highest BCUT2D eigenvalue weighted by Crippen LogP contribution is 2.19. The van der Waals surface area contributed by atoms with Crippen molar-refractivity contribution in [1.82, 2.24) is 10.2 Å². The number of carbonyl (C=O) groups excluding carboxylic acids is 2. The van der Waals surface area contributed by atoms with E-state index in [2.05, 4.69) is 5.32 Å². The van der Waals surface area contributed by atoms with Crippen molar-refractivity contribution in [2.45, 2.75) is 45.1 Å². The van der Waals surface area contributed by atoms with Crippen LogP contribution in [0.5, 0.6) is 0 Å². The minimum absolute atomic E-state index is 0.0130. The Balaban J connectivity index is 1.79. The number of amides is 2. The molecule has 2 heterocycles. The molecule has 25 heavy (non-hydrogen) atoms. The van der Waals surface area contributed by atoms with Crippen LogP contribution in [0.3, 0.4) is 0 Å². The van der Waals surface area contributed by atoms with Gasteiger partial charge in [0.2, 0.25) is 5.91 Å². The first-order valence-corrected chi connectivity index (χ1v) is 11.4. The van der Waals surface area contributed by atoms with Crippen LogP contribution in [0.1, 0.15) is 48.7 Å². The van der Waals surface area contributed by atoms with Crippen LogP contribution in [-0.2, 0) is 14.6 Å². The van der Waals surface area contributed by atoms with Gasteiger partial charge >= 0.3 is 0 Å². The minimum atomic E-state index is -3.01. The van der Waals surface area contributed by atoms with E-state index in [1.54, 1.807) is 11.0 Å². The summed E-state index contributed by atoms with van der Waals surface area (Å²) in [5.74, 6) is 0.121. The lowest BCUT2D eigenvalue weighted by Gasteiger charge is -2.28. The van der Waals surface area contributed by atoms with Crippen molar-refractivity contribution in [2.24, 2.45) is 0 Å². The van der Waals surface area contributed by atoms with Gasteiger partial charge in [0.25, 0.3) is 5.91 Å². The van der Waals surface area contributed by atoms with E-state index in [4.69, 9.17) is 0 Å². The number of nitrogens with zero attached hydrogens (tertiary/aromatic N) is 1. The molecule has 1 aliphatic rings. The Morgan fingerprint density at radius 1 is 1.36 bits per heavy atom. The molecule has 6 nitrogen and oxygen atoms in total. The van der Waals surface area contributed by atoms with Gasteiger partial charge in [0.05, 0.1) is 16.4 Å². The van der Waals surface area contributed by atoms with E-state index >= 15 is 0 Å². The SMILES string of the molecule is CCCCN(C(=O)CCCNC(=O)c1cccs1)C1CCS(=O)(=O)C1. The molecule has 0 radical (unpaired) electrons. The summed E-state index contributed by atoms with van der Waals surface area (Å²) >= 11 is 1.38. The number of sulfone groups is 1. The van der Waals surface area contributed by atoms with Gasteiger partial charge in [-0.3, -0.25) is 9.59 Å². The Labute approximate surface area is 153 Å². The van der Waals surface area contributed by atoms with Crippen molar-refractivity contribution < 1.29 is 18.0 Å². The molecule has 0 spiro atoms. The molecule has 1 aromatic heterocycles. The van der Waals surface area contributed by atoms with Gasteiger partial charge in [0.15, 0.2) is 9.84 Å². The number of unbranched alkanes of at least 4 members (excludes halogenated alkanes) is 1. The van der Waals surface area contributed by atoms with E-state index < -0.39 is 9.84 Å². The first-order chi connectivity index (χ1) is 11.9. The number of hydrogen-bond acceptors (Lipinski definition) is 5. The summed E-state index contributed by atoms with van der Waals surface area (Å²) in [5, 5.41) is 4.66. The normalized spacial score (nSPS) is 18.8. The molecule has 1 N–H and O–H groups in total. The predicted molar refractivity (Wildman–Crippen MR) is 99.6 cm³/mol. The van der Waals surface area contributed by atoms with Crippen LogP contribution in [0.15, 0.2) is 17.5 Å². The van der Waals surface area contributed by atoms with Gasteiger partial charge in [-0.25, -0.2) is 8.42 Å². The molecule has 1 saturated heterocycles. The topological polar surface area (TPSA) is 83.6 Å². The summed E-state index contributed by atoms with van der Waals surface area (Å²) in [5.41, 5.74) is 0. The molecule has 140 valence electrons. The Morgan fingerprint density at radius 3 is 2.76 bits per heavy atom. The van der Waals surface area contributed by atoms with Crippen LogP contribution in [0, 0.1) is 0 Å². The third kappa shape index (κ3) is 6.11. The van der Waals surface area contributed by atoms with Gasteiger partial charge in [0, 0.05) is 25.6 Å². The van der Waals surface area contributed by atoms with E-state index in [1.165, 1.54) is 11.3 Å². The van der Waals surface area contributed by atoms with Crippen LogP contribution >= 0.6 is 11.3 Å². The Hall–Kier alpha value is -1.41. The average Bonchev–Trinajstić information content (AvgIpc) is 3.21. The number of nitrogens with one attached hydrogen (secondary N) is 1. The first-order valence-electron chi connectivity index (χ1n) is 8.74. The lowest BCUT2D eigenvalue weighted by molar-refractivity contribution is -0.133. The molecule has 1 aliphatic heterocycles. The fourth-order valence-electron chi connectivity index (χ4n) is 2.94. The van der Waals surface area contributed by atoms with Crippen molar-refractivity contribution in [3.05, 3.63) is 22.4 Å². The van der Waals surface area contributed by atoms with Crippen LogP contribution in [-0.4, -0.2) is 55.8 Å². The largest absolute Gasteiger partial charge is 0.351 e. The zero-order valence-corrected chi connectivity index (χ0v) is 16.2. The Kier molecular flexibility index (Phi) is 7.43. The van der Waals surface area contributed by atoms with E-state index in [0.717, 1.165) is 12.8 Å². The van der Waals surface area contributed by atoms with Crippen LogP contribution in [0.25, 0.3) is 0 Å². The van der Waals surface area contributed by atoms with Gasteiger partial charge < -0.3 is 10.2 Å². The van der Waals surface area contributed by atoms with Gasteiger partial charge in [-0.05, 0) is 30.7 Å². The molecule has 2 amide bonds. The molecular formula is C17H26N2O4S2. The number of thiophene rings is 1. The quantitative estimate of drug-likeness (QED) is 0.659. The molecule has 8 heteroatoms. The first kappa shape index (κ1) is 19.9. The summed E-state index contributed by atoms with van der Waals surface area (Å²) in [6.45, 7) is 3.10. The second-order valence-corrected chi connectivity index (χ2v) is 9.51. The lowest BCUT2D eigenvalue weighted by Crippen LogP contribution is -2.42. The molecular weight excluding hydrogens is 360 g/mol. The monoisotopic (exact) mass is 386 g/mol. The maximum atomic E-state index is 12.5. The third-order valence-electron chi connectivity index (χ3n) is 4.32. The Bertz CT molecular complexity index is 671. The average molecular weight is 387 g/mol. The summed E-state index contributed by atoms with van der Waals surface area (Å²) in [6, 6.07) is 3.40. The van der Waals surface area contributed by atoms with Gasteiger partial charge in [-0.2, -0.15) is 0 Å². The smallest absolute Gasteiger partial charge is 0.261 e. The minimum Gasteiger partial charge on any atom is -0.351 e. The summed E-state index contributed by atoms with van der Waals surface area (Å²) < 4.78 is 23.4. The third-order valence-corrected chi connectivity index (χ3v) is 6.94. The van der Waals surface area contributed by atoms with E-state index in [-0.39, 0.29) is 29.4 Å². The van der Waals surface area contributed by atoms with Gasteiger partial charge in [0.1, 0.15) is 0 Å². The second kappa shape index (κ2) is 9.33. The fraction of sp³-hybridized carbons (Fsp3) is 0.647. The zero-order chi connectivity index (χ0) is 18.3. The Morgan fingerprint density at radius 2 is 2.16 bits per heavy atom. The molecule has 0 saturated carbocycles. The molecule has 1 atom stereocenters. The van der Waals surface area contributed by atoms with E-state index in [9.17, 15) is 18.0 Å². The fourth-order valence-corrected chi connectivity index (χ4v) is 5.31. The summed E-state index contributed by atoms with van der Waals surface area (Å²) in [4.78, 5) is 26.8. The maximum absolute atomic E-state index is 12.5. The van der Waals surface area contributed by atoms with Crippen LogP contribution in [0.2, 0.25) is 0 Å². The van der Waals surface area contributed by atoms with Gasteiger partial charge in [-0.15, -0.1) is 11.3 Å². The number of carbonyl (C=O) groups is 2. The molecule has 0 bridgehead atoms. The molecule has 2 rings (SSSR count). The predicted octanol–water partition coefficient (Wildman–Crippen LogP) is 2.07. The van der Waals surface area contributed by atoms with Gasteiger partial charge in [-0.1, -0.05) is 19.4 Å². The van der Waals surface area contributed by atoms with Crippen molar-refractivity contribution in [3.63, 3.8) is 0 Å². The molecule has 1 unspecified atom stereocenters. The standard InChI is InChI=1S/C17H26N2O4S2/c1-2-3-10-19(14-8-12-25(22,23)13-14)16(20)7-4-9-18-17(21)15-6-5-11-24-15/h5-6,11,14H,2-4,7-10,12-13H2,1H3,(H,18,21). The van der Waals surface area contributed by atoms with Crippen molar-refractivity contribution in [2.75, 3.05) is 24.6 Å². The second-order valence-electron chi connectivity index (χ2n) is 6.33. The number of rotatable bonds is 9. The molecule has 0 aromatic carbocycles. The highest BCUT2D eigenvalue weighted by molar-refractivity contribution is 7.91.